The van der Waals surface area contributed by atoms with E-state index >= 15 is 0 Å². The fourth-order valence-electron chi connectivity index (χ4n) is 1.65. The molecule has 0 saturated heterocycles. The van der Waals surface area contributed by atoms with Crippen molar-refractivity contribution in [2.24, 2.45) is 0 Å². The summed E-state index contributed by atoms with van der Waals surface area (Å²) >= 11 is 1.11. The number of hydrogen-bond acceptors (Lipinski definition) is 4. The van der Waals surface area contributed by atoms with Gasteiger partial charge in [0.2, 0.25) is 5.01 Å². The minimum Gasteiger partial charge on any atom is -0.487 e. The maximum atomic E-state index is 10.7. The number of aromatic nitrogens is 1. The predicted octanol–water partition coefficient (Wildman–Crippen LogP) is 3.04. The number of aryl methyl sites for hydroxylation is 2. The summed E-state index contributed by atoms with van der Waals surface area (Å²) in [6, 6.07) is 5.95. The Bertz CT molecular complexity index is 557. The summed E-state index contributed by atoms with van der Waals surface area (Å²) in [5.74, 6) is -0.227. The van der Waals surface area contributed by atoms with Gasteiger partial charge in [0.15, 0.2) is 0 Å². The lowest BCUT2D eigenvalue weighted by molar-refractivity contribution is 0.0696. The minimum atomic E-state index is -1.00. The second-order valence-electron chi connectivity index (χ2n) is 4.06. The number of hydrogen-bond donors (Lipinski definition) is 1. The molecule has 0 spiro atoms. The molecule has 0 aliphatic carbocycles. The van der Waals surface area contributed by atoms with Gasteiger partial charge in [0, 0.05) is 5.38 Å². The summed E-state index contributed by atoms with van der Waals surface area (Å²) in [6.07, 6.45) is 0. The topological polar surface area (TPSA) is 59.4 Å². The van der Waals surface area contributed by atoms with Crippen molar-refractivity contribution in [1.29, 1.82) is 0 Å². The zero-order valence-corrected chi connectivity index (χ0v) is 11.0. The van der Waals surface area contributed by atoms with E-state index in [-0.39, 0.29) is 11.6 Å². The van der Waals surface area contributed by atoms with Gasteiger partial charge in [0.05, 0.1) is 5.69 Å². The third kappa shape index (κ3) is 3.07. The second-order valence-corrected chi connectivity index (χ2v) is 4.92. The number of carboxylic acids is 1. The Labute approximate surface area is 109 Å². The van der Waals surface area contributed by atoms with E-state index in [0.717, 1.165) is 28.2 Å². The van der Waals surface area contributed by atoms with Gasteiger partial charge >= 0.3 is 5.97 Å². The van der Waals surface area contributed by atoms with Crippen LogP contribution in [0.3, 0.4) is 0 Å². The first-order valence-electron chi connectivity index (χ1n) is 5.43. The molecule has 5 heteroatoms. The van der Waals surface area contributed by atoms with E-state index in [1.165, 1.54) is 0 Å². The highest BCUT2D eigenvalue weighted by Gasteiger charge is 2.09. The largest absolute Gasteiger partial charge is 0.487 e. The lowest BCUT2D eigenvalue weighted by atomic mass is 10.1. The highest BCUT2D eigenvalue weighted by molar-refractivity contribution is 7.11. The Balaban J connectivity index is 2.04. The monoisotopic (exact) mass is 263 g/mol. The zero-order valence-electron chi connectivity index (χ0n) is 10.1. The van der Waals surface area contributed by atoms with Crippen LogP contribution in [0.25, 0.3) is 0 Å². The van der Waals surface area contributed by atoms with Crippen LogP contribution in [0.5, 0.6) is 5.75 Å². The molecule has 1 N–H and O–H groups in total. The molecule has 1 heterocycles. The number of rotatable bonds is 4. The number of carbonyl (C=O) groups is 1. The van der Waals surface area contributed by atoms with Gasteiger partial charge in [-0.25, -0.2) is 9.78 Å². The quantitative estimate of drug-likeness (QED) is 0.921. The molecule has 0 aliphatic rings. The van der Waals surface area contributed by atoms with Gasteiger partial charge in [-0.15, -0.1) is 11.3 Å². The number of benzene rings is 1. The van der Waals surface area contributed by atoms with Gasteiger partial charge in [0.25, 0.3) is 0 Å². The van der Waals surface area contributed by atoms with Gasteiger partial charge in [-0.1, -0.05) is 6.07 Å². The van der Waals surface area contributed by atoms with E-state index in [4.69, 9.17) is 9.84 Å². The summed E-state index contributed by atoms with van der Waals surface area (Å²) in [5.41, 5.74) is 2.90. The van der Waals surface area contributed by atoms with Crippen molar-refractivity contribution in [3.05, 3.63) is 45.4 Å². The van der Waals surface area contributed by atoms with Crippen LogP contribution in [0.4, 0.5) is 0 Å². The molecule has 18 heavy (non-hydrogen) atoms. The van der Waals surface area contributed by atoms with Gasteiger partial charge in [0.1, 0.15) is 12.4 Å². The van der Waals surface area contributed by atoms with Crippen molar-refractivity contribution >= 4 is 17.3 Å². The van der Waals surface area contributed by atoms with E-state index in [0.29, 0.717) is 5.69 Å². The van der Waals surface area contributed by atoms with Crippen LogP contribution >= 0.6 is 11.3 Å². The van der Waals surface area contributed by atoms with Crippen LogP contribution in [-0.4, -0.2) is 16.1 Å². The Morgan fingerprint density at radius 1 is 1.33 bits per heavy atom. The fraction of sp³-hybridized carbons (Fsp3) is 0.231. The van der Waals surface area contributed by atoms with Crippen LogP contribution in [0.15, 0.2) is 23.6 Å². The summed E-state index contributed by atoms with van der Waals surface area (Å²) in [4.78, 5) is 14.6. The molecule has 0 atom stereocenters. The number of aromatic carboxylic acids is 1. The molecule has 0 fully saturated rings. The van der Waals surface area contributed by atoms with E-state index in [1.54, 1.807) is 5.38 Å². The van der Waals surface area contributed by atoms with Crippen LogP contribution in [0, 0.1) is 13.8 Å². The summed E-state index contributed by atoms with van der Waals surface area (Å²) in [6.45, 7) is 4.29. The molecule has 1 aromatic heterocycles. The number of carboxylic acid groups (broad SMARTS) is 1. The molecule has 2 aromatic rings. The van der Waals surface area contributed by atoms with Gasteiger partial charge in [-0.05, 0) is 37.1 Å². The molecule has 4 nitrogen and oxygen atoms in total. The Hall–Kier alpha value is -1.88. The maximum Gasteiger partial charge on any atom is 0.365 e. The van der Waals surface area contributed by atoms with Crippen molar-refractivity contribution in [3.8, 4) is 5.75 Å². The summed E-state index contributed by atoms with van der Waals surface area (Å²) < 4.78 is 5.60. The molecule has 0 radical (unpaired) electrons. The van der Waals surface area contributed by atoms with Gasteiger partial charge in [-0.2, -0.15) is 0 Å². The first-order valence-corrected chi connectivity index (χ1v) is 6.31. The van der Waals surface area contributed by atoms with Crippen LogP contribution < -0.4 is 4.74 Å². The average Bonchev–Trinajstić information content (AvgIpc) is 2.73. The third-order valence-corrected chi connectivity index (χ3v) is 3.20. The zero-order chi connectivity index (χ0) is 13.1. The first kappa shape index (κ1) is 12.6. The smallest absolute Gasteiger partial charge is 0.365 e. The normalized spacial score (nSPS) is 10.3. The number of thiazole rings is 1. The van der Waals surface area contributed by atoms with Crippen LogP contribution in [-0.2, 0) is 6.61 Å². The van der Waals surface area contributed by atoms with Gasteiger partial charge < -0.3 is 9.84 Å². The standard InChI is InChI=1S/C13H13NO3S/c1-8-3-9(2)5-11(4-8)17-6-10-7-18-12(14-10)13(15)16/h3-5,7H,6H2,1-2H3,(H,15,16). The lowest BCUT2D eigenvalue weighted by Gasteiger charge is -2.06. The Morgan fingerprint density at radius 3 is 2.56 bits per heavy atom. The first-order chi connectivity index (χ1) is 8.54. The molecule has 2 rings (SSSR count). The van der Waals surface area contributed by atoms with Crippen LogP contribution in [0.1, 0.15) is 26.6 Å². The highest BCUT2D eigenvalue weighted by atomic mass is 32.1. The average molecular weight is 263 g/mol. The van der Waals surface area contributed by atoms with Crippen molar-refractivity contribution in [2.75, 3.05) is 0 Å². The second kappa shape index (κ2) is 5.18. The van der Waals surface area contributed by atoms with E-state index < -0.39 is 5.97 Å². The Kier molecular flexibility index (Phi) is 3.62. The van der Waals surface area contributed by atoms with E-state index in [9.17, 15) is 4.79 Å². The SMILES string of the molecule is Cc1cc(C)cc(OCc2csc(C(=O)O)n2)c1. The van der Waals surface area contributed by atoms with Gasteiger partial charge in [-0.3, -0.25) is 0 Å². The van der Waals surface area contributed by atoms with E-state index in [2.05, 4.69) is 11.1 Å². The molecule has 1 aromatic carbocycles. The predicted molar refractivity (Wildman–Crippen MR) is 69.3 cm³/mol. The maximum absolute atomic E-state index is 10.7. The molecule has 94 valence electrons. The van der Waals surface area contributed by atoms with Crippen molar-refractivity contribution in [1.82, 2.24) is 4.98 Å². The van der Waals surface area contributed by atoms with Crippen LogP contribution in [0.2, 0.25) is 0 Å². The molecular formula is C13H13NO3S. The molecular weight excluding hydrogens is 250 g/mol. The van der Waals surface area contributed by atoms with Crippen molar-refractivity contribution in [3.63, 3.8) is 0 Å². The highest BCUT2D eigenvalue weighted by Crippen LogP contribution is 2.18. The summed E-state index contributed by atoms with van der Waals surface area (Å²) in [7, 11) is 0. The third-order valence-electron chi connectivity index (χ3n) is 2.32. The lowest BCUT2D eigenvalue weighted by Crippen LogP contribution is -1.99. The number of nitrogens with zero attached hydrogens (tertiary/aromatic N) is 1. The fourth-order valence-corrected chi connectivity index (χ4v) is 2.28. The minimum absolute atomic E-state index is 0.0917. The van der Waals surface area contributed by atoms with Crippen molar-refractivity contribution < 1.29 is 14.6 Å². The molecule has 0 saturated carbocycles. The summed E-state index contributed by atoms with van der Waals surface area (Å²) in [5, 5.41) is 10.6. The number of ether oxygens (including phenoxy) is 1. The molecule has 0 unspecified atom stereocenters. The molecule has 0 aliphatic heterocycles. The van der Waals surface area contributed by atoms with Crippen molar-refractivity contribution in [2.45, 2.75) is 20.5 Å². The Morgan fingerprint density at radius 2 is 2.00 bits per heavy atom. The molecule has 0 amide bonds. The molecule has 0 bridgehead atoms. The van der Waals surface area contributed by atoms with E-state index in [1.807, 2.05) is 26.0 Å².